The van der Waals surface area contributed by atoms with Crippen LogP contribution in [-0.4, -0.2) is 42.7 Å². The second kappa shape index (κ2) is 6.94. The Balaban J connectivity index is 1.50. The lowest BCUT2D eigenvalue weighted by atomic mass is 9.90. The number of carbonyl (C=O) groups excluding carboxylic acids is 1. The molecule has 21 heavy (non-hydrogen) atoms. The normalized spacial score (nSPS) is 25.2. The predicted octanol–water partition coefficient (Wildman–Crippen LogP) is 2.63. The number of rotatable bonds is 4. The summed E-state index contributed by atoms with van der Waals surface area (Å²) in [4.78, 5) is 14.5. The first-order valence-electron chi connectivity index (χ1n) is 7.93. The molecule has 0 N–H and O–H groups in total. The molecule has 114 valence electrons. The van der Waals surface area contributed by atoms with E-state index in [2.05, 4.69) is 0 Å². The van der Waals surface area contributed by atoms with Crippen LogP contribution in [0.2, 0.25) is 0 Å². The SMILES string of the molecule is O=C(CCOc1ccccc1)N1CCO[C@H]2CCCC[C@@H]21. The average Bonchev–Trinajstić information content (AvgIpc) is 2.55. The van der Waals surface area contributed by atoms with Gasteiger partial charge in [0.25, 0.3) is 0 Å². The largest absolute Gasteiger partial charge is 0.493 e. The number of benzene rings is 1. The molecule has 1 aliphatic carbocycles. The van der Waals surface area contributed by atoms with Gasteiger partial charge in [0.1, 0.15) is 5.75 Å². The highest BCUT2D eigenvalue weighted by molar-refractivity contribution is 5.76. The molecule has 2 atom stereocenters. The number of hydrogen-bond donors (Lipinski definition) is 0. The Morgan fingerprint density at radius 2 is 2.05 bits per heavy atom. The van der Waals surface area contributed by atoms with Crippen molar-refractivity contribution in [3.63, 3.8) is 0 Å². The number of nitrogens with zero attached hydrogens (tertiary/aromatic N) is 1. The lowest BCUT2D eigenvalue weighted by Gasteiger charge is -2.43. The molecule has 2 aliphatic rings. The van der Waals surface area contributed by atoms with Gasteiger partial charge >= 0.3 is 0 Å². The Kier molecular flexibility index (Phi) is 4.76. The van der Waals surface area contributed by atoms with Crippen molar-refractivity contribution in [2.24, 2.45) is 0 Å². The summed E-state index contributed by atoms with van der Waals surface area (Å²) in [5, 5.41) is 0. The van der Waals surface area contributed by atoms with Crippen molar-refractivity contribution in [3.05, 3.63) is 30.3 Å². The van der Waals surface area contributed by atoms with Crippen LogP contribution in [0, 0.1) is 0 Å². The predicted molar refractivity (Wildman–Crippen MR) is 80.3 cm³/mol. The van der Waals surface area contributed by atoms with E-state index < -0.39 is 0 Å². The molecule has 1 amide bonds. The number of para-hydroxylation sites is 1. The minimum atomic E-state index is 0.200. The van der Waals surface area contributed by atoms with E-state index >= 15 is 0 Å². The minimum Gasteiger partial charge on any atom is -0.493 e. The summed E-state index contributed by atoms with van der Waals surface area (Å²) in [6.45, 7) is 1.84. The highest BCUT2D eigenvalue weighted by atomic mass is 16.5. The second-order valence-electron chi connectivity index (χ2n) is 5.76. The van der Waals surface area contributed by atoms with Crippen molar-refractivity contribution >= 4 is 5.91 Å². The Bertz CT molecular complexity index is 460. The summed E-state index contributed by atoms with van der Waals surface area (Å²) in [6, 6.07) is 9.94. The van der Waals surface area contributed by atoms with Gasteiger partial charge in [0.05, 0.1) is 31.8 Å². The van der Waals surface area contributed by atoms with Gasteiger partial charge in [0.2, 0.25) is 5.91 Å². The van der Waals surface area contributed by atoms with Crippen LogP contribution in [0.4, 0.5) is 0 Å². The summed E-state index contributed by atoms with van der Waals surface area (Å²) < 4.78 is 11.4. The molecule has 1 saturated carbocycles. The van der Waals surface area contributed by atoms with Gasteiger partial charge in [-0.15, -0.1) is 0 Å². The van der Waals surface area contributed by atoms with E-state index in [1.54, 1.807) is 0 Å². The Morgan fingerprint density at radius 1 is 1.24 bits per heavy atom. The van der Waals surface area contributed by atoms with E-state index in [4.69, 9.17) is 9.47 Å². The van der Waals surface area contributed by atoms with Crippen LogP contribution in [0.5, 0.6) is 5.75 Å². The van der Waals surface area contributed by atoms with Crippen molar-refractivity contribution < 1.29 is 14.3 Å². The third kappa shape index (κ3) is 3.56. The summed E-state index contributed by atoms with van der Waals surface area (Å²) in [7, 11) is 0. The standard InChI is InChI=1S/C17H23NO3/c19-17(10-12-20-14-6-2-1-3-7-14)18-11-13-21-16-9-5-4-8-15(16)18/h1-3,6-7,15-16H,4-5,8-13H2/t15-,16-/m0/s1. The van der Waals surface area contributed by atoms with Crippen molar-refractivity contribution in [1.82, 2.24) is 4.90 Å². The third-order valence-corrected chi connectivity index (χ3v) is 4.38. The number of morpholine rings is 1. The van der Waals surface area contributed by atoms with Crippen LogP contribution in [-0.2, 0) is 9.53 Å². The molecule has 0 radical (unpaired) electrons. The van der Waals surface area contributed by atoms with Gasteiger partial charge < -0.3 is 14.4 Å². The first-order chi connectivity index (χ1) is 10.3. The first kappa shape index (κ1) is 14.4. The molecule has 0 aromatic heterocycles. The van der Waals surface area contributed by atoms with Crippen LogP contribution in [0.15, 0.2) is 30.3 Å². The number of ether oxygens (including phenoxy) is 2. The zero-order chi connectivity index (χ0) is 14.5. The first-order valence-corrected chi connectivity index (χ1v) is 7.93. The number of carbonyl (C=O) groups is 1. The van der Waals surface area contributed by atoms with E-state index in [1.807, 2.05) is 35.2 Å². The molecule has 1 saturated heterocycles. The van der Waals surface area contributed by atoms with Crippen LogP contribution < -0.4 is 4.74 Å². The molecule has 1 aliphatic heterocycles. The molecule has 2 fully saturated rings. The molecule has 1 aromatic carbocycles. The molecule has 0 bridgehead atoms. The van der Waals surface area contributed by atoms with Crippen molar-refractivity contribution in [3.8, 4) is 5.75 Å². The average molecular weight is 289 g/mol. The van der Waals surface area contributed by atoms with Gasteiger partial charge in [-0.3, -0.25) is 4.79 Å². The molecule has 4 heteroatoms. The van der Waals surface area contributed by atoms with Crippen LogP contribution in [0.3, 0.4) is 0 Å². The van der Waals surface area contributed by atoms with E-state index in [0.717, 1.165) is 25.1 Å². The number of amides is 1. The quantitative estimate of drug-likeness (QED) is 0.855. The molecular weight excluding hydrogens is 266 g/mol. The highest BCUT2D eigenvalue weighted by Gasteiger charge is 2.36. The molecule has 3 rings (SSSR count). The van der Waals surface area contributed by atoms with Crippen LogP contribution >= 0.6 is 0 Å². The zero-order valence-corrected chi connectivity index (χ0v) is 12.4. The maximum Gasteiger partial charge on any atom is 0.226 e. The van der Waals surface area contributed by atoms with Gasteiger partial charge in [-0.2, -0.15) is 0 Å². The smallest absolute Gasteiger partial charge is 0.226 e. The topological polar surface area (TPSA) is 38.8 Å². The van der Waals surface area contributed by atoms with Crippen molar-refractivity contribution in [1.29, 1.82) is 0 Å². The Hall–Kier alpha value is -1.55. The Labute approximate surface area is 126 Å². The molecular formula is C17H23NO3. The fraction of sp³-hybridized carbons (Fsp3) is 0.588. The van der Waals surface area contributed by atoms with Gasteiger partial charge in [-0.1, -0.05) is 31.0 Å². The van der Waals surface area contributed by atoms with Gasteiger partial charge in [-0.05, 0) is 25.0 Å². The fourth-order valence-electron chi connectivity index (χ4n) is 3.32. The fourth-order valence-corrected chi connectivity index (χ4v) is 3.32. The van der Waals surface area contributed by atoms with Gasteiger partial charge in [0, 0.05) is 6.54 Å². The van der Waals surface area contributed by atoms with Crippen molar-refractivity contribution in [2.75, 3.05) is 19.8 Å². The number of fused-ring (bicyclic) bond motifs is 1. The zero-order valence-electron chi connectivity index (χ0n) is 12.4. The van der Waals surface area contributed by atoms with Crippen molar-refractivity contribution in [2.45, 2.75) is 44.2 Å². The summed E-state index contributed by atoms with van der Waals surface area (Å²) >= 11 is 0. The van der Waals surface area contributed by atoms with Gasteiger partial charge in [-0.25, -0.2) is 0 Å². The number of hydrogen-bond acceptors (Lipinski definition) is 3. The molecule has 0 unspecified atom stereocenters. The van der Waals surface area contributed by atoms with Gasteiger partial charge in [0.15, 0.2) is 0 Å². The van der Waals surface area contributed by atoms with E-state index in [-0.39, 0.29) is 18.1 Å². The summed E-state index contributed by atoms with van der Waals surface area (Å²) in [5.74, 6) is 1.02. The van der Waals surface area contributed by atoms with Crippen LogP contribution in [0.25, 0.3) is 0 Å². The summed E-state index contributed by atoms with van der Waals surface area (Å²) in [6.07, 6.45) is 5.30. The molecule has 1 heterocycles. The molecule has 0 spiro atoms. The monoisotopic (exact) mass is 289 g/mol. The lowest BCUT2D eigenvalue weighted by molar-refractivity contribution is -0.150. The maximum atomic E-state index is 12.4. The Morgan fingerprint density at radius 3 is 2.90 bits per heavy atom. The second-order valence-corrected chi connectivity index (χ2v) is 5.76. The minimum absolute atomic E-state index is 0.200. The van der Waals surface area contributed by atoms with E-state index in [1.165, 1.54) is 12.8 Å². The molecule has 1 aromatic rings. The lowest BCUT2D eigenvalue weighted by Crippen LogP contribution is -2.55. The van der Waals surface area contributed by atoms with E-state index in [0.29, 0.717) is 19.6 Å². The third-order valence-electron chi connectivity index (χ3n) is 4.38. The molecule has 4 nitrogen and oxygen atoms in total. The summed E-state index contributed by atoms with van der Waals surface area (Å²) in [5.41, 5.74) is 0. The maximum absolute atomic E-state index is 12.4. The van der Waals surface area contributed by atoms with Crippen LogP contribution in [0.1, 0.15) is 32.1 Å². The van der Waals surface area contributed by atoms with E-state index in [9.17, 15) is 4.79 Å². The highest BCUT2D eigenvalue weighted by Crippen LogP contribution is 2.28.